The first-order chi connectivity index (χ1) is 17.3. The molecule has 1 N–H and O–H groups in total. The highest BCUT2D eigenvalue weighted by Gasteiger charge is 2.33. The van der Waals surface area contributed by atoms with Gasteiger partial charge in [0, 0.05) is 36.5 Å². The van der Waals surface area contributed by atoms with E-state index in [1.54, 1.807) is 12.4 Å². The van der Waals surface area contributed by atoms with Crippen molar-refractivity contribution < 1.29 is 9.47 Å². The monoisotopic (exact) mass is 481 g/mol. The van der Waals surface area contributed by atoms with Crippen molar-refractivity contribution in [1.82, 2.24) is 20.3 Å². The maximum absolute atomic E-state index is 5.84. The Morgan fingerprint density at radius 3 is 2.74 bits per heavy atom. The second-order valence-corrected chi connectivity index (χ2v) is 8.80. The van der Waals surface area contributed by atoms with E-state index in [9.17, 15) is 0 Å². The van der Waals surface area contributed by atoms with Gasteiger partial charge in [-0.1, -0.05) is 42.5 Å². The summed E-state index contributed by atoms with van der Waals surface area (Å²) in [5.74, 6) is 1.49. The van der Waals surface area contributed by atoms with Crippen molar-refractivity contribution in [2.24, 2.45) is 5.10 Å². The fourth-order valence-corrected chi connectivity index (χ4v) is 4.78. The fraction of sp³-hybridized carbons (Fsp3) is 0.185. The summed E-state index contributed by atoms with van der Waals surface area (Å²) in [4.78, 5) is 9.11. The van der Waals surface area contributed by atoms with Gasteiger partial charge in [0.25, 0.3) is 0 Å². The molecule has 8 heteroatoms. The predicted octanol–water partition coefficient (Wildman–Crippen LogP) is 4.63. The quantitative estimate of drug-likeness (QED) is 0.417. The molecule has 6 rings (SSSR count). The lowest BCUT2D eigenvalue weighted by molar-refractivity contribution is 0.174. The van der Waals surface area contributed by atoms with Crippen LogP contribution in [-0.2, 0) is 6.42 Å². The van der Waals surface area contributed by atoms with E-state index in [4.69, 9.17) is 26.8 Å². The molecule has 174 valence electrons. The molecule has 35 heavy (non-hydrogen) atoms. The van der Waals surface area contributed by atoms with Crippen LogP contribution in [0.3, 0.4) is 0 Å². The van der Waals surface area contributed by atoms with E-state index < -0.39 is 0 Å². The number of fused-ring (bicyclic) bond motifs is 2. The summed E-state index contributed by atoms with van der Waals surface area (Å²) in [6, 6.07) is 22.2. The van der Waals surface area contributed by atoms with Crippen LogP contribution in [0, 0.1) is 0 Å². The normalized spacial score (nSPS) is 16.4. The molecule has 0 spiro atoms. The summed E-state index contributed by atoms with van der Waals surface area (Å²) in [5, 5.41) is 10.9. The minimum Gasteiger partial charge on any atom is -0.454 e. The molecule has 0 aliphatic carbocycles. The molecule has 4 aromatic rings. The second-order valence-electron chi connectivity index (χ2n) is 8.42. The van der Waals surface area contributed by atoms with Crippen LogP contribution >= 0.6 is 12.2 Å². The molecule has 1 aromatic heterocycles. The average molecular weight is 482 g/mol. The van der Waals surface area contributed by atoms with Crippen molar-refractivity contribution in [3.05, 3.63) is 95.8 Å². The minimum atomic E-state index is -0.104. The Hall–Kier alpha value is -4.04. The van der Waals surface area contributed by atoms with Crippen LogP contribution in [0.25, 0.3) is 11.0 Å². The zero-order chi connectivity index (χ0) is 23.6. The molecule has 2 aliphatic rings. The van der Waals surface area contributed by atoms with Crippen LogP contribution in [0.5, 0.6) is 11.5 Å². The van der Waals surface area contributed by atoms with Gasteiger partial charge in [0.15, 0.2) is 16.6 Å². The Morgan fingerprint density at radius 2 is 1.83 bits per heavy atom. The van der Waals surface area contributed by atoms with E-state index in [0.717, 1.165) is 52.3 Å². The van der Waals surface area contributed by atoms with E-state index in [0.29, 0.717) is 11.5 Å². The third-order valence-electron chi connectivity index (χ3n) is 6.25. The largest absolute Gasteiger partial charge is 0.454 e. The van der Waals surface area contributed by atoms with Crippen LogP contribution in [0.2, 0.25) is 0 Å². The van der Waals surface area contributed by atoms with Gasteiger partial charge in [0.1, 0.15) is 0 Å². The van der Waals surface area contributed by atoms with Crippen molar-refractivity contribution in [3.8, 4) is 11.5 Å². The summed E-state index contributed by atoms with van der Waals surface area (Å²) >= 11 is 5.84. The Morgan fingerprint density at radius 1 is 0.971 bits per heavy atom. The van der Waals surface area contributed by atoms with E-state index in [-0.39, 0.29) is 12.8 Å². The molecule has 7 nitrogen and oxygen atoms in total. The molecule has 3 aromatic carbocycles. The maximum Gasteiger partial charge on any atom is 0.231 e. The maximum atomic E-state index is 5.84. The number of thiocarbonyl (C=S) groups is 1. The van der Waals surface area contributed by atoms with Gasteiger partial charge >= 0.3 is 0 Å². The van der Waals surface area contributed by atoms with Crippen LogP contribution < -0.4 is 14.8 Å². The highest BCUT2D eigenvalue weighted by molar-refractivity contribution is 7.80. The van der Waals surface area contributed by atoms with Gasteiger partial charge in [-0.05, 0) is 48.5 Å². The Labute approximate surface area is 208 Å². The van der Waals surface area contributed by atoms with Crippen molar-refractivity contribution in [3.63, 3.8) is 0 Å². The first-order valence-corrected chi connectivity index (χ1v) is 12.0. The molecular weight excluding hydrogens is 458 g/mol. The number of rotatable bonds is 5. The van der Waals surface area contributed by atoms with Crippen molar-refractivity contribution >= 4 is 34.1 Å². The first kappa shape index (κ1) is 21.5. The average Bonchev–Trinajstić information content (AvgIpc) is 3.56. The Balaban J connectivity index is 1.30. The lowest BCUT2D eigenvalue weighted by atomic mass is 9.97. The lowest BCUT2D eigenvalue weighted by Gasteiger charge is -2.25. The van der Waals surface area contributed by atoms with Crippen molar-refractivity contribution in [2.75, 3.05) is 13.3 Å². The molecule has 1 atom stereocenters. The van der Waals surface area contributed by atoms with Gasteiger partial charge in [0.05, 0.1) is 22.8 Å². The smallest absolute Gasteiger partial charge is 0.231 e. The Kier molecular flexibility index (Phi) is 5.71. The van der Waals surface area contributed by atoms with Gasteiger partial charge in [-0.2, -0.15) is 5.10 Å². The number of hydrogen-bond donors (Lipinski definition) is 1. The molecule has 0 saturated carbocycles. The predicted molar refractivity (Wildman–Crippen MR) is 139 cm³/mol. The number of nitrogens with one attached hydrogen (secondary N) is 1. The van der Waals surface area contributed by atoms with Gasteiger partial charge in [0.2, 0.25) is 6.79 Å². The third-order valence-corrected chi connectivity index (χ3v) is 6.58. The molecule has 0 bridgehead atoms. The van der Waals surface area contributed by atoms with Gasteiger partial charge < -0.3 is 14.8 Å². The van der Waals surface area contributed by atoms with Crippen LogP contribution in [-0.4, -0.2) is 39.1 Å². The minimum absolute atomic E-state index is 0.104. The fourth-order valence-electron chi connectivity index (χ4n) is 4.51. The molecule has 2 aliphatic heterocycles. The molecule has 0 amide bonds. The number of hydrazone groups is 1. The third kappa shape index (κ3) is 4.28. The zero-order valence-corrected chi connectivity index (χ0v) is 19.7. The second kappa shape index (κ2) is 9.31. The summed E-state index contributed by atoms with van der Waals surface area (Å²) in [6.45, 7) is 0.959. The molecule has 0 radical (unpaired) electrons. The van der Waals surface area contributed by atoms with Gasteiger partial charge in [-0.25, -0.2) is 5.01 Å². The van der Waals surface area contributed by atoms with E-state index in [1.165, 1.54) is 5.56 Å². The lowest BCUT2D eigenvalue weighted by Crippen LogP contribution is -2.37. The molecular formula is C27H23N5O2S. The summed E-state index contributed by atoms with van der Waals surface area (Å²) in [6.07, 6.45) is 4.98. The Bertz CT molecular complexity index is 1420. The number of aromatic nitrogens is 2. The van der Waals surface area contributed by atoms with Crippen molar-refractivity contribution in [1.29, 1.82) is 0 Å². The number of nitrogens with zero attached hydrogens (tertiary/aromatic N) is 4. The van der Waals surface area contributed by atoms with Crippen molar-refractivity contribution in [2.45, 2.75) is 18.9 Å². The first-order valence-electron chi connectivity index (χ1n) is 11.5. The van der Waals surface area contributed by atoms with E-state index >= 15 is 0 Å². The summed E-state index contributed by atoms with van der Waals surface area (Å²) in [7, 11) is 0. The SMILES string of the molecule is S=C(NCCc1ccccc1)N1N=C(c2ccc3c(c2)OCO3)C[C@H]1c1cccc2nccnc12. The van der Waals surface area contributed by atoms with Crippen LogP contribution in [0.15, 0.2) is 84.2 Å². The van der Waals surface area contributed by atoms with Crippen LogP contribution in [0.1, 0.15) is 29.2 Å². The van der Waals surface area contributed by atoms with Crippen LogP contribution in [0.4, 0.5) is 0 Å². The topological polar surface area (TPSA) is 71.9 Å². The molecule has 0 unspecified atom stereocenters. The van der Waals surface area contributed by atoms with E-state index in [1.807, 2.05) is 53.5 Å². The highest BCUT2D eigenvalue weighted by atomic mass is 32.1. The zero-order valence-electron chi connectivity index (χ0n) is 18.9. The van der Waals surface area contributed by atoms with Gasteiger partial charge in [-0.3, -0.25) is 9.97 Å². The molecule has 0 fully saturated rings. The van der Waals surface area contributed by atoms with Gasteiger partial charge in [-0.15, -0.1) is 0 Å². The number of para-hydroxylation sites is 1. The summed E-state index contributed by atoms with van der Waals surface area (Å²) in [5.41, 5.74) is 5.93. The van der Waals surface area contributed by atoms with E-state index in [2.05, 4.69) is 33.5 Å². The number of ether oxygens (including phenoxy) is 2. The number of benzene rings is 3. The summed E-state index contributed by atoms with van der Waals surface area (Å²) < 4.78 is 11.1. The standard InChI is InChI=1S/C27H23N5O2S/c35-27(30-12-11-18-5-2-1-3-6-18)32-23(20-7-4-8-21-26(20)29-14-13-28-21)16-22(31-32)19-9-10-24-25(15-19)34-17-33-24/h1-10,13-15,23H,11-12,16-17H2,(H,30,35)/t23-/m0/s1. The highest BCUT2D eigenvalue weighted by Crippen LogP contribution is 2.38. The molecule has 3 heterocycles. The number of hydrogen-bond acceptors (Lipinski definition) is 6. The molecule has 0 saturated heterocycles.